The lowest BCUT2D eigenvalue weighted by Gasteiger charge is -2.14. The van der Waals surface area contributed by atoms with Gasteiger partial charge in [0.15, 0.2) is 4.32 Å². The van der Waals surface area contributed by atoms with Crippen LogP contribution in [0.2, 0.25) is 0 Å². The zero-order chi connectivity index (χ0) is 22.7. The zero-order valence-electron chi connectivity index (χ0n) is 16.2. The van der Waals surface area contributed by atoms with Crippen LogP contribution >= 0.6 is 80.5 Å². The van der Waals surface area contributed by atoms with Gasteiger partial charge in [0.25, 0.3) is 11.8 Å². The molecule has 4 rings (SSSR count). The maximum Gasteiger partial charge on any atom is 0.285 e. The quantitative estimate of drug-likeness (QED) is 0.192. The van der Waals surface area contributed by atoms with E-state index in [1.807, 2.05) is 42.5 Å². The first kappa shape index (κ1) is 23.7. The van der Waals surface area contributed by atoms with E-state index in [9.17, 15) is 9.59 Å². The van der Waals surface area contributed by atoms with E-state index in [1.165, 1.54) is 11.3 Å². The van der Waals surface area contributed by atoms with E-state index in [2.05, 4.69) is 50.6 Å². The number of hydrazine groups is 1. The third-order valence-corrected chi connectivity index (χ3v) is 8.07. The average Bonchev–Trinajstić information content (AvgIpc) is 3.39. The van der Waals surface area contributed by atoms with Crippen molar-refractivity contribution in [1.82, 2.24) is 10.4 Å². The van der Waals surface area contributed by atoms with E-state index in [0.717, 1.165) is 40.8 Å². The molecular formula is C22H14I2N2O3S3. The Labute approximate surface area is 225 Å². The summed E-state index contributed by atoms with van der Waals surface area (Å²) in [5.74, 6) is 0.101. The van der Waals surface area contributed by atoms with Crippen LogP contribution in [0.25, 0.3) is 6.08 Å². The van der Waals surface area contributed by atoms with Gasteiger partial charge in [-0.25, -0.2) is 0 Å². The van der Waals surface area contributed by atoms with Gasteiger partial charge in [0.1, 0.15) is 12.4 Å². The topological polar surface area (TPSA) is 58.6 Å². The predicted octanol–water partition coefficient (Wildman–Crippen LogP) is 6.08. The summed E-state index contributed by atoms with van der Waals surface area (Å²) in [5.41, 5.74) is 4.54. The molecule has 1 fully saturated rings. The number of thioether (sulfide) groups is 1. The SMILES string of the molecule is O=C(NN1C(=O)/C(=C\c2cc(I)c(OCc3ccccc3)c(I)c2)SC1=S)c1cccs1. The second-order valence-electron chi connectivity index (χ2n) is 6.52. The molecule has 1 saturated heterocycles. The van der Waals surface area contributed by atoms with Gasteiger partial charge in [0.05, 0.1) is 16.9 Å². The van der Waals surface area contributed by atoms with Crippen LogP contribution in [0.5, 0.6) is 5.75 Å². The molecule has 2 aromatic carbocycles. The maximum absolute atomic E-state index is 12.8. The Kier molecular flexibility index (Phi) is 7.87. The Balaban J connectivity index is 1.49. The van der Waals surface area contributed by atoms with E-state index in [0.29, 0.717) is 20.7 Å². The molecule has 162 valence electrons. The number of hydrogen-bond donors (Lipinski definition) is 1. The highest BCUT2D eigenvalue weighted by atomic mass is 127. The first-order valence-electron chi connectivity index (χ1n) is 9.20. The molecule has 2 heterocycles. The number of nitrogens with zero attached hydrogens (tertiary/aromatic N) is 1. The van der Waals surface area contributed by atoms with Gasteiger partial charge >= 0.3 is 0 Å². The molecule has 5 nitrogen and oxygen atoms in total. The largest absolute Gasteiger partial charge is 0.487 e. The first-order valence-corrected chi connectivity index (χ1v) is 13.5. The number of amides is 2. The lowest BCUT2D eigenvalue weighted by atomic mass is 10.2. The van der Waals surface area contributed by atoms with E-state index in [-0.39, 0.29) is 11.8 Å². The van der Waals surface area contributed by atoms with Crippen molar-refractivity contribution >= 4 is 103 Å². The molecule has 32 heavy (non-hydrogen) atoms. The number of thiophene rings is 1. The van der Waals surface area contributed by atoms with Crippen molar-refractivity contribution in [3.63, 3.8) is 0 Å². The minimum absolute atomic E-state index is 0.290. The summed E-state index contributed by atoms with van der Waals surface area (Å²) < 4.78 is 8.21. The molecule has 0 bridgehead atoms. The summed E-state index contributed by atoms with van der Waals surface area (Å²) in [4.78, 5) is 26.1. The highest BCUT2D eigenvalue weighted by Crippen LogP contribution is 2.34. The summed E-state index contributed by atoms with van der Waals surface area (Å²) in [5, 5.41) is 2.93. The van der Waals surface area contributed by atoms with E-state index >= 15 is 0 Å². The molecule has 10 heteroatoms. The minimum atomic E-state index is -0.360. The van der Waals surface area contributed by atoms with Gasteiger partial charge in [-0.1, -0.05) is 48.2 Å². The fourth-order valence-electron chi connectivity index (χ4n) is 2.81. The number of halogens is 2. The summed E-state index contributed by atoms with van der Waals surface area (Å²) >= 11 is 12.2. The van der Waals surface area contributed by atoms with E-state index in [4.69, 9.17) is 17.0 Å². The molecular weight excluding hydrogens is 690 g/mol. The average molecular weight is 704 g/mol. The third-order valence-electron chi connectivity index (χ3n) is 4.30. The number of nitrogens with one attached hydrogen (secondary N) is 1. The summed E-state index contributed by atoms with van der Waals surface area (Å²) in [7, 11) is 0. The summed E-state index contributed by atoms with van der Waals surface area (Å²) in [6, 6.07) is 17.4. The number of carbonyl (C=O) groups is 2. The first-order chi connectivity index (χ1) is 15.4. The van der Waals surface area contributed by atoms with Crippen molar-refractivity contribution in [2.45, 2.75) is 6.61 Å². The number of hydrogen-bond acceptors (Lipinski definition) is 6. The van der Waals surface area contributed by atoms with Crippen molar-refractivity contribution < 1.29 is 14.3 Å². The standard InChI is InChI=1S/C22H14I2N2O3S3/c23-15-9-14(10-16(24)19(15)29-12-13-5-2-1-3-6-13)11-18-21(28)26(22(30)32-18)25-20(27)17-7-4-8-31-17/h1-11H,12H2,(H,25,27)/b18-11+. The third kappa shape index (κ3) is 5.53. The number of carbonyl (C=O) groups excluding carboxylic acids is 2. The zero-order valence-corrected chi connectivity index (χ0v) is 23.0. The van der Waals surface area contributed by atoms with Crippen LogP contribution in [-0.2, 0) is 11.4 Å². The maximum atomic E-state index is 12.8. The van der Waals surface area contributed by atoms with Crippen LogP contribution in [0.1, 0.15) is 20.8 Å². The molecule has 0 atom stereocenters. The second-order valence-corrected chi connectivity index (χ2v) is 11.5. The van der Waals surface area contributed by atoms with Crippen LogP contribution in [0.3, 0.4) is 0 Å². The van der Waals surface area contributed by atoms with E-state index in [1.54, 1.807) is 23.6 Å². The molecule has 1 aliphatic rings. The minimum Gasteiger partial charge on any atom is -0.487 e. The van der Waals surface area contributed by atoms with Crippen LogP contribution in [0.4, 0.5) is 0 Å². The molecule has 0 saturated carbocycles. The Morgan fingerprint density at radius 3 is 2.50 bits per heavy atom. The van der Waals surface area contributed by atoms with Gasteiger partial charge < -0.3 is 4.74 Å². The number of rotatable bonds is 6. The van der Waals surface area contributed by atoms with Crippen LogP contribution in [0, 0.1) is 7.14 Å². The van der Waals surface area contributed by atoms with Crippen molar-refractivity contribution in [3.8, 4) is 5.75 Å². The lowest BCUT2D eigenvalue weighted by Crippen LogP contribution is -2.44. The Bertz CT molecular complexity index is 1190. The number of thiocarbonyl (C=S) groups is 1. The lowest BCUT2D eigenvalue weighted by molar-refractivity contribution is -0.123. The summed E-state index contributed by atoms with van der Waals surface area (Å²) in [6.07, 6.45) is 1.78. The molecule has 1 aromatic heterocycles. The van der Waals surface area contributed by atoms with Crippen molar-refractivity contribution in [2.75, 3.05) is 0 Å². The molecule has 0 radical (unpaired) electrons. The summed E-state index contributed by atoms with van der Waals surface area (Å²) in [6.45, 7) is 0.481. The smallest absolute Gasteiger partial charge is 0.285 e. The van der Waals surface area contributed by atoms with Crippen molar-refractivity contribution in [2.24, 2.45) is 0 Å². The van der Waals surface area contributed by atoms with Gasteiger partial charge in [0.2, 0.25) is 0 Å². The van der Waals surface area contributed by atoms with Gasteiger partial charge in [-0.2, -0.15) is 5.01 Å². The number of ether oxygens (including phenoxy) is 1. The van der Waals surface area contributed by atoms with Gasteiger partial charge in [-0.05, 0) is 98.2 Å². The van der Waals surface area contributed by atoms with Crippen molar-refractivity contribution in [3.05, 3.63) is 88.0 Å². The molecule has 0 aliphatic carbocycles. The second kappa shape index (κ2) is 10.6. The molecule has 0 unspecified atom stereocenters. The monoisotopic (exact) mass is 704 g/mol. The predicted molar refractivity (Wildman–Crippen MR) is 149 cm³/mol. The number of benzene rings is 2. The van der Waals surface area contributed by atoms with Crippen LogP contribution in [0.15, 0.2) is 64.9 Å². The Morgan fingerprint density at radius 1 is 1.12 bits per heavy atom. The van der Waals surface area contributed by atoms with Crippen LogP contribution < -0.4 is 10.2 Å². The fourth-order valence-corrected chi connectivity index (χ4v) is 6.73. The Morgan fingerprint density at radius 2 is 1.84 bits per heavy atom. The highest BCUT2D eigenvalue weighted by Gasteiger charge is 2.34. The molecule has 0 spiro atoms. The molecule has 1 N–H and O–H groups in total. The highest BCUT2D eigenvalue weighted by molar-refractivity contribution is 14.1. The van der Waals surface area contributed by atoms with Gasteiger partial charge in [-0.15, -0.1) is 11.3 Å². The molecule has 3 aromatic rings. The van der Waals surface area contributed by atoms with Crippen molar-refractivity contribution in [1.29, 1.82) is 0 Å². The normalized spacial score (nSPS) is 14.8. The molecule has 2 amide bonds. The van der Waals surface area contributed by atoms with Crippen LogP contribution in [-0.4, -0.2) is 21.1 Å². The van der Waals surface area contributed by atoms with Gasteiger partial charge in [-0.3, -0.25) is 15.0 Å². The van der Waals surface area contributed by atoms with E-state index < -0.39 is 0 Å². The molecule has 1 aliphatic heterocycles. The van der Waals surface area contributed by atoms with Gasteiger partial charge in [0, 0.05) is 0 Å². The fraction of sp³-hybridized carbons (Fsp3) is 0.0455. The Hall–Kier alpha value is -1.48.